The first kappa shape index (κ1) is 16.1. The molecule has 5 heteroatoms. The fourth-order valence-corrected chi connectivity index (χ4v) is 4.06. The van der Waals surface area contributed by atoms with Crippen molar-refractivity contribution in [1.82, 2.24) is 0 Å². The Hall–Kier alpha value is 1.01. The first-order valence-corrected chi connectivity index (χ1v) is 8.81. The molecule has 17 heavy (non-hydrogen) atoms. The van der Waals surface area contributed by atoms with Gasteiger partial charge >= 0.3 is 0 Å². The van der Waals surface area contributed by atoms with Crippen molar-refractivity contribution < 1.29 is 10.2 Å². The first-order chi connectivity index (χ1) is 8.00. The van der Waals surface area contributed by atoms with Gasteiger partial charge in [0.05, 0.1) is 3.57 Å². The summed E-state index contributed by atoms with van der Waals surface area (Å²) in [6, 6.07) is 0. The molecule has 0 aromatic heterocycles. The van der Waals surface area contributed by atoms with Crippen molar-refractivity contribution in [2.45, 2.75) is 39.0 Å². The van der Waals surface area contributed by atoms with Crippen LogP contribution in [0.2, 0.25) is 0 Å². The van der Waals surface area contributed by atoms with Crippen LogP contribution < -0.4 is 0 Å². The molecule has 2 nitrogen and oxygen atoms in total. The molecule has 0 bridgehead atoms. The number of halogens is 3. The van der Waals surface area contributed by atoms with Gasteiger partial charge in [-0.1, -0.05) is 26.2 Å². The highest BCUT2D eigenvalue weighted by atomic mass is 127. The number of unbranched alkanes of at least 4 members (excludes halogenated alkanes) is 3. The second kappa shape index (κ2) is 7.56. The van der Waals surface area contributed by atoms with Crippen LogP contribution in [0.15, 0.2) is 0 Å². The minimum atomic E-state index is 0.0286. The van der Waals surface area contributed by atoms with Gasteiger partial charge in [-0.2, -0.15) is 0 Å². The summed E-state index contributed by atoms with van der Waals surface area (Å²) in [5.74, 6) is 0.0941. The molecular weight excluding hydrogens is 557 g/mol. The average molecular weight is 572 g/mol. The van der Waals surface area contributed by atoms with Crippen LogP contribution in [-0.4, -0.2) is 10.2 Å². The largest absolute Gasteiger partial charge is 0.504 e. The Labute approximate surface area is 143 Å². The maximum absolute atomic E-state index is 9.98. The molecule has 0 fully saturated rings. The van der Waals surface area contributed by atoms with Crippen LogP contribution in [0.3, 0.4) is 0 Å². The standard InChI is InChI=1S/C12H15I3O2/c1-2-3-4-5-6-7-8(13)9(14)10(15)12(17)11(7)16/h16-17H,2-6H2,1H3. The van der Waals surface area contributed by atoms with E-state index < -0.39 is 0 Å². The molecule has 96 valence electrons. The molecule has 0 saturated heterocycles. The van der Waals surface area contributed by atoms with E-state index in [9.17, 15) is 10.2 Å². The fraction of sp³-hybridized carbons (Fsp3) is 0.500. The summed E-state index contributed by atoms with van der Waals surface area (Å²) in [6.45, 7) is 2.18. The van der Waals surface area contributed by atoms with Gasteiger partial charge in [-0.15, -0.1) is 0 Å². The molecule has 0 spiro atoms. The van der Waals surface area contributed by atoms with Crippen molar-refractivity contribution in [3.05, 3.63) is 16.3 Å². The van der Waals surface area contributed by atoms with Gasteiger partial charge in [0.15, 0.2) is 11.5 Å². The number of benzene rings is 1. The second-order valence-electron chi connectivity index (χ2n) is 3.93. The van der Waals surface area contributed by atoms with Gasteiger partial charge in [0.25, 0.3) is 0 Å². The quantitative estimate of drug-likeness (QED) is 0.225. The predicted octanol–water partition coefficient (Wildman–Crippen LogP) is 5.03. The molecule has 0 amide bonds. The number of rotatable bonds is 5. The molecule has 1 rings (SSSR count). The summed E-state index contributed by atoms with van der Waals surface area (Å²) in [7, 11) is 0. The minimum Gasteiger partial charge on any atom is -0.504 e. The van der Waals surface area contributed by atoms with E-state index in [4.69, 9.17) is 0 Å². The van der Waals surface area contributed by atoms with Crippen molar-refractivity contribution >= 4 is 67.8 Å². The Morgan fingerprint density at radius 1 is 0.824 bits per heavy atom. The fourth-order valence-electron chi connectivity index (χ4n) is 1.64. The smallest absolute Gasteiger partial charge is 0.172 e. The molecule has 0 heterocycles. The lowest BCUT2D eigenvalue weighted by atomic mass is 10.1. The highest BCUT2D eigenvalue weighted by Crippen LogP contribution is 2.41. The number of phenolic OH excluding ortho intramolecular Hbond substituents is 2. The van der Waals surface area contributed by atoms with Crippen molar-refractivity contribution in [2.24, 2.45) is 0 Å². The van der Waals surface area contributed by atoms with E-state index in [2.05, 4.69) is 74.7 Å². The van der Waals surface area contributed by atoms with Crippen molar-refractivity contribution in [2.75, 3.05) is 0 Å². The molecular formula is C12H15I3O2. The lowest BCUT2D eigenvalue weighted by molar-refractivity contribution is 0.395. The Morgan fingerprint density at radius 2 is 1.47 bits per heavy atom. The predicted molar refractivity (Wildman–Crippen MR) is 95.8 cm³/mol. The number of aromatic hydroxyl groups is 2. The molecule has 1 aromatic carbocycles. The topological polar surface area (TPSA) is 40.5 Å². The molecule has 0 saturated carbocycles. The Bertz CT molecular complexity index is 376. The molecule has 2 N–H and O–H groups in total. The average Bonchev–Trinajstić information content (AvgIpc) is 2.33. The van der Waals surface area contributed by atoms with Crippen molar-refractivity contribution in [1.29, 1.82) is 0 Å². The summed E-state index contributed by atoms with van der Waals surface area (Å²) in [5.41, 5.74) is 0.893. The van der Waals surface area contributed by atoms with E-state index >= 15 is 0 Å². The second-order valence-corrected chi connectivity index (χ2v) is 7.16. The van der Waals surface area contributed by atoms with Crippen LogP contribution >= 0.6 is 67.8 Å². The lowest BCUT2D eigenvalue weighted by Gasteiger charge is -2.13. The Kier molecular flexibility index (Phi) is 7.15. The molecule has 0 radical (unpaired) electrons. The molecule has 1 aromatic rings. The van der Waals surface area contributed by atoms with E-state index in [1.54, 1.807) is 0 Å². The third-order valence-corrected chi connectivity index (χ3v) is 8.03. The summed E-state index contributed by atoms with van der Waals surface area (Å²) in [4.78, 5) is 0. The van der Waals surface area contributed by atoms with Gasteiger partial charge < -0.3 is 10.2 Å². The van der Waals surface area contributed by atoms with Gasteiger partial charge in [0.2, 0.25) is 0 Å². The van der Waals surface area contributed by atoms with Crippen molar-refractivity contribution in [3.63, 3.8) is 0 Å². The first-order valence-electron chi connectivity index (χ1n) is 5.57. The summed E-state index contributed by atoms with van der Waals surface area (Å²) in [5, 5.41) is 19.8. The number of phenols is 2. The normalized spacial score (nSPS) is 10.8. The van der Waals surface area contributed by atoms with Gasteiger partial charge in [-0.05, 0) is 80.6 Å². The molecule has 0 aliphatic heterocycles. The van der Waals surface area contributed by atoms with Crippen LogP contribution in [0.5, 0.6) is 11.5 Å². The zero-order chi connectivity index (χ0) is 13.0. The molecule has 0 aliphatic rings. The highest BCUT2D eigenvalue weighted by molar-refractivity contribution is 14.1. The molecule has 0 unspecified atom stereocenters. The molecule has 0 aliphatic carbocycles. The zero-order valence-corrected chi connectivity index (χ0v) is 16.0. The SMILES string of the molecule is CCCCCCc1c(O)c(O)c(I)c(I)c1I. The summed E-state index contributed by atoms with van der Waals surface area (Å²) >= 11 is 6.54. The van der Waals surface area contributed by atoms with Gasteiger partial charge in [0.1, 0.15) is 0 Å². The van der Waals surface area contributed by atoms with Crippen LogP contribution in [0, 0.1) is 10.7 Å². The number of hydrogen-bond donors (Lipinski definition) is 2. The minimum absolute atomic E-state index is 0.0286. The maximum atomic E-state index is 9.98. The monoisotopic (exact) mass is 572 g/mol. The maximum Gasteiger partial charge on any atom is 0.172 e. The summed E-state index contributed by atoms with van der Waals surface area (Å²) in [6.07, 6.45) is 5.51. The van der Waals surface area contributed by atoms with E-state index in [1.807, 2.05) is 0 Å². The number of hydrogen-bond acceptors (Lipinski definition) is 2. The van der Waals surface area contributed by atoms with Crippen LogP contribution in [0.25, 0.3) is 0 Å². The van der Waals surface area contributed by atoms with E-state index in [0.29, 0.717) is 0 Å². The Balaban J connectivity index is 2.92. The Morgan fingerprint density at radius 3 is 2.06 bits per heavy atom. The van der Waals surface area contributed by atoms with Gasteiger partial charge in [-0.3, -0.25) is 0 Å². The van der Waals surface area contributed by atoms with Gasteiger partial charge in [-0.25, -0.2) is 0 Å². The molecule has 0 atom stereocenters. The van der Waals surface area contributed by atoms with E-state index in [0.717, 1.165) is 29.1 Å². The van der Waals surface area contributed by atoms with E-state index in [1.165, 1.54) is 19.3 Å². The zero-order valence-electron chi connectivity index (χ0n) is 9.56. The lowest BCUT2D eigenvalue weighted by Crippen LogP contribution is -1.97. The third kappa shape index (κ3) is 3.99. The van der Waals surface area contributed by atoms with Gasteiger partial charge in [0, 0.05) is 12.7 Å². The third-order valence-electron chi connectivity index (χ3n) is 2.65. The van der Waals surface area contributed by atoms with Crippen LogP contribution in [-0.2, 0) is 6.42 Å². The summed E-state index contributed by atoms with van der Waals surface area (Å²) < 4.78 is 2.84. The highest BCUT2D eigenvalue weighted by Gasteiger charge is 2.18. The van der Waals surface area contributed by atoms with Crippen molar-refractivity contribution in [3.8, 4) is 11.5 Å². The van der Waals surface area contributed by atoms with Crippen LogP contribution in [0.1, 0.15) is 38.2 Å². The van der Waals surface area contributed by atoms with Crippen LogP contribution in [0.4, 0.5) is 0 Å². The van der Waals surface area contributed by atoms with E-state index in [-0.39, 0.29) is 11.5 Å².